The van der Waals surface area contributed by atoms with Gasteiger partial charge in [0.1, 0.15) is 5.69 Å². The Kier molecular flexibility index (Phi) is 5.11. The Hall–Kier alpha value is -1.43. The van der Waals surface area contributed by atoms with Crippen LogP contribution in [0.1, 0.15) is 36.2 Å². The monoisotopic (exact) mass is 340 g/mol. The summed E-state index contributed by atoms with van der Waals surface area (Å²) in [5, 5.41) is 11.8. The summed E-state index contributed by atoms with van der Waals surface area (Å²) < 4.78 is 0.673. The second-order valence-electron chi connectivity index (χ2n) is 5.10. The largest absolute Gasteiger partial charge is 0.481 e. The molecule has 2 rings (SSSR count). The standard InChI is InChI=1S/C14H17BrN2O3/c15-11-2-1-7-16-12(11)13(18)17-8-9-3-5-10(6-4-9)14(19)20/h1-2,7,9-10H,3-6,8H2,(H,17,18)(H,19,20). The maximum atomic E-state index is 12.0. The van der Waals surface area contributed by atoms with Crippen molar-refractivity contribution in [2.45, 2.75) is 25.7 Å². The number of carbonyl (C=O) groups is 2. The van der Waals surface area contributed by atoms with E-state index in [1.165, 1.54) is 0 Å². The van der Waals surface area contributed by atoms with Crippen LogP contribution in [-0.4, -0.2) is 28.5 Å². The van der Waals surface area contributed by atoms with Crippen LogP contribution in [0.3, 0.4) is 0 Å². The highest BCUT2D eigenvalue weighted by molar-refractivity contribution is 9.10. The van der Waals surface area contributed by atoms with Crippen molar-refractivity contribution in [3.05, 3.63) is 28.5 Å². The Morgan fingerprint density at radius 3 is 2.65 bits per heavy atom. The number of amides is 1. The summed E-state index contributed by atoms with van der Waals surface area (Å²) in [6.07, 6.45) is 4.67. The van der Waals surface area contributed by atoms with Gasteiger partial charge in [0.2, 0.25) is 0 Å². The highest BCUT2D eigenvalue weighted by Gasteiger charge is 2.26. The van der Waals surface area contributed by atoms with Crippen molar-refractivity contribution in [3.8, 4) is 0 Å². The summed E-state index contributed by atoms with van der Waals surface area (Å²) in [5.74, 6) is -0.758. The molecule has 1 aliphatic carbocycles. The molecule has 0 spiro atoms. The van der Waals surface area contributed by atoms with E-state index >= 15 is 0 Å². The van der Waals surface area contributed by atoms with E-state index in [2.05, 4.69) is 26.2 Å². The van der Waals surface area contributed by atoms with Crippen LogP contribution in [0.5, 0.6) is 0 Å². The number of pyridine rings is 1. The molecule has 0 aliphatic heterocycles. The average Bonchev–Trinajstić information content (AvgIpc) is 2.45. The van der Waals surface area contributed by atoms with Crippen LogP contribution in [0.4, 0.5) is 0 Å². The summed E-state index contributed by atoms with van der Waals surface area (Å²) in [6.45, 7) is 0.578. The molecule has 0 aromatic carbocycles. The lowest BCUT2D eigenvalue weighted by Crippen LogP contribution is -2.33. The van der Waals surface area contributed by atoms with Gasteiger partial charge in [-0.2, -0.15) is 0 Å². The van der Waals surface area contributed by atoms with Crippen LogP contribution in [0, 0.1) is 11.8 Å². The lowest BCUT2D eigenvalue weighted by atomic mass is 9.82. The van der Waals surface area contributed by atoms with E-state index in [0.29, 0.717) is 35.5 Å². The molecular weight excluding hydrogens is 324 g/mol. The van der Waals surface area contributed by atoms with Crippen molar-refractivity contribution in [3.63, 3.8) is 0 Å². The fraction of sp³-hybridized carbons (Fsp3) is 0.500. The quantitative estimate of drug-likeness (QED) is 0.882. The third kappa shape index (κ3) is 3.79. The third-order valence-electron chi connectivity index (χ3n) is 3.72. The summed E-state index contributed by atoms with van der Waals surface area (Å²) in [4.78, 5) is 26.9. The van der Waals surface area contributed by atoms with Crippen LogP contribution in [-0.2, 0) is 4.79 Å². The summed E-state index contributed by atoms with van der Waals surface area (Å²) >= 11 is 3.30. The van der Waals surface area contributed by atoms with Gasteiger partial charge in [0.25, 0.3) is 5.91 Å². The summed E-state index contributed by atoms with van der Waals surface area (Å²) in [6, 6.07) is 3.54. The maximum absolute atomic E-state index is 12.0. The number of nitrogens with zero attached hydrogens (tertiary/aromatic N) is 1. The molecule has 20 heavy (non-hydrogen) atoms. The molecule has 1 aliphatic rings. The number of halogens is 1. The summed E-state index contributed by atoms with van der Waals surface area (Å²) in [5.41, 5.74) is 0.381. The number of nitrogens with one attached hydrogen (secondary N) is 1. The van der Waals surface area contributed by atoms with Crippen molar-refractivity contribution in [2.24, 2.45) is 11.8 Å². The van der Waals surface area contributed by atoms with Crippen molar-refractivity contribution in [1.82, 2.24) is 10.3 Å². The van der Waals surface area contributed by atoms with E-state index < -0.39 is 5.97 Å². The zero-order valence-electron chi connectivity index (χ0n) is 11.0. The fourth-order valence-electron chi connectivity index (χ4n) is 2.49. The molecule has 0 atom stereocenters. The minimum atomic E-state index is -0.704. The Labute approximate surface area is 125 Å². The molecule has 2 N–H and O–H groups in total. The Morgan fingerprint density at radius 2 is 2.05 bits per heavy atom. The first-order valence-corrected chi connectivity index (χ1v) is 7.48. The van der Waals surface area contributed by atoms with Crippen LogP contribution in [0.2, 0.25) is 0 Å². The Balaban J connectivity index is 1.80. The van der Waals surface area contributed by atoms with Gasteiger partial charge < -0.3 is 10.4 Å². The van der Waals surface area contributed by atoms with Crippen LogP contribution < -0.4 is 5.32 Å². The molecule has 1 aromatic heterocycles. The molecular formula is C14H17BrN2O3. The lowest BCUT2D eigenvalue weighted by molar-refractivity contribution is -0.143. The van der Waals surface area contributed by atoms with Gasteiger partial charge in [0, 0.05) is 17.2 Å². The molecule has 0 radical (unpaired) electrons. The van der Waals surface area contributed by atoms with E-state index in [1.54, 1.807) is 18.3 Å². The third-order valence-corrected chi connectivity index (χ3v) is 4.36. The highest BCUT2D eigenvalue weighted by Crippen LogP contribution is 2.28. The molecule has 0 unspecified atom stereocenters. The topological polar surface area (TPSA) is 79.3 Å². The van der Waals surface area contributed by atoms with Gasteiger partial charge in [-0.05, 0) is 59.7 Å². The van der Waals surface area contributed by atoms with E-state index in [4.69, 9.17) is 5.11 Å². The molecule has 5 nitrogen and oxygen atoms in total. The van der Waals surface area contributed by atoms with E-state index in [1.807, 2.05) is 0 Å². The second kappa shape index (κ2) is 6.83. The first-order chi connectivity index (χ1) is 9.58. The SMILES string of the molecule is O=C(NCC1CCC(C(=O)O)CC1)c1ncccc1Br. The molecule has 108 valence electrons. The van der Waals surface area contributed by atoms with Crippen LogP contribution in [0.15, 0.2) is 22.8 Å². The van der Waals surface area contributed by atoms with Crippen molar-refractivity contribution < 1.29 is 14.7 Å². The maximum Gasteiger partial charge on any atom is 0.306 e. The number of aromatic nitrogens is 1. The smallest absolute Gasteiger partial charge is 0.306 e. The molecule has 1 aromatic rings. The predicted octanol–water partition coefficient (Wildman–Crippen LogP) is 2.46. The van der Waals surface area contributed by atoms with E-state index in [9.17, 15) is 9.59 Å². The minimum Gasteiger partial charge on any atom is -0.481 e. The van der Waals surface area contributed by atoms with Gasteiger partial charge in [-0.25, -0.2) is 4.98 Å². The van der Waals surface area contributed by atoms with Crippen molar-refractivity contribution in [2.75, 3.05) is 6.54 Å². The van der Waals surface area contributed by atoms with E-state index in [0.717, 1.165) is 12.8 Å². The number of aliphatic carboxylic acids is 1. The summed E-state index contributed by atoms with van der Waals surface area (Å²) in [7, 11) is 0. The molecule has 1 fully saturated rings. The Bertz CT molecular complexity index is 499. The molecule has 1 heterocycles. The number of hydrogen-bond acceptors (Lipinski definition) is 3. The zero-order valence-corrected chi connectivity index (χ0v) is 12.6. The van der Waals surface area contributed by atoms with Gasteiger partial charge in [-0.15, -0.1) is 0 Å². The molecule has 1 amide bonds. The van der Waals surface area contributed by atoms with Gasteiger partial charge in [-0.3, -0.25) is 9.59 Å². The van der Waals surface area contributed by atoms with Gasteiger partial charge in [0.05, 0.1) is 5.92 Å². The number of carboxylic acids is 1. The second-order valence-corrected chi connectivity index (χ2v) is 5.95. The minimum absolute atomic E-state index is 0.196. The van der Waals surface area contributed by atoms with Gasteiger partial charge >= 0.3 is 5.97 Å². The average molecular weight is 341 g/mol. The first-order valence-electron chi connectivity index (χ1n) is 6.69. The number of hydrogen-bond donors (Lipinski definition) is 2. The number of rotatable bonds is 4. The van der Waals surface area contributed by atoms with E-state index in [-0.39, 0.29) is 11.8 Å². The molecule has 1 saturated carbocycles. The first kappa shape index (κ1) is 15.0. The predicted molar refractivity (Wildman–Crippen MR) is 77.4 cm³/mol. The van der Waals surface area contributed by atoms with Crippen molar-refractivity contribution >= 4 is 27.8 Å². The van der Waals surface area contributed by atoms with Gasteiger partial charge in [-0.1, -0.05) is 0 Å². The molecule has 0 saturated heterocycles. The Morgan fingerprint density at radius 1 is 1.35 bits per heavy atom. The lowest BCUT2D eigenvalue weighted by Gasteiger charge is -2.26. The van der Waals surface area contributed by atoms with Gasteiger partial charge in [0.15, 0.2) is 0 Å². The normalized spacial score (nSPS) is 22.2. The molecule has 0 bridgehead atoms. The van der Waals surface area contributed by atoms with Crippen LogP contribution in [0.25, 0.3) is 0 Å². The van der Waals surface area contributed by atoms with Crippen LogP contribution >= 0.6 is 15.9 Å². The van der Waals surface area contributed by atoms with Crippen molar-refractivity contribution in [1.29, 1.82) is 0 Å². The fourth-order valence-corrected chi connectivity index (χ4v) is 2.92. The highest BCUT2D eigenvalue weighted by atomic mass is 79.9. The zero-order chi connectivity index (χ0) is 14.5. The molecule has 6 heteroatoms. The number of carboxylic acid groups (broad SMARTS) is 1. The number of carbonyl (C=O) groups excluding carboxylic acids is 1.